The van der Waals surface area contributed by atoms with Crippen molar-refractivity contribution in [2.45, 2.75) is 33.1 Å². The van der Waals surface area contributed by atoms with Gasteiger partial charge in [-0.25, -0.2) is 15.0 Å². The lowest BCUT2D eigenvalue weighted by molar-refractivity contribution is 0.568. The number of thiazole rings is 1. The van der Waals surface area contributed by atoms with Gasteiger partial charge in [0.25, 0.3) is 0 Å². The molecule has 0 atom stereocenters. The lowest BCUT2D eigenvalue weighted by Crippen LogP contribution is -2.14. The van der Waals surface area contributed by atoms with Crippen molar-refractivity contribution in [3.8, 4) is 11.5 Å². The molecule has 0 aromatic carbocycles. The van der Waals surface area contributed by atoms with Crippen LogP contribution in [0.3, 0.4) is 0 Å². The smallest absolute Gasteiger partial charge is 0.180 e. The largest absolute Gasteiger partial charge is 0.238 e. The second-order valence-electron chi connectivity index (χ2n) is 4.90. The number of rotatable bonds is 1. The molecule has 17 heavy (non-hydrogen) atoms. The molecule has 0 aliphatic rings. The van der Waals surface area contributed by atoms with E-state index in [0.29, 0.717) is 11.0 Å². The highest BCUT2D eigenvalue weighted by atomic mass is 35.5. The van der Waals surface area contributed by atoms with Crippen molar-refractivity contribution in [2.75, 3.05) is 0 Å². The summed E-state index contributed by atoms with van der Waals surface area (Å²) < 4.78 is 0. The summed E-state index contributed by atoms with van der Waals surface area (Å²) in [5.41, 5.74) is 1.67. The van der Waals surface area contributed by atoms with E-state index in [1.807, 2.05) is 18.4 Å². The Labute approximate surface area is 110 Å². The van der Waals surface area contributed by atoms with Gasteiger partial charge in [0.1, 0.15) is 10.8 Å². The van der Waals surface area contributed by atoms with E-state index in [4.69, 9.17) is 11.6 Å². The van der Waals surface area contributed by atoms with Crippen LogP contribution < -0.4 is 0 Å². The van der Waals surface area contributed by atoms with Gasteiger partial charge in [-0.2, -0.15) is 0 Å². The molecule has 2 aromatic heterocycles. The van der Waals surface area contributed by atoms with E-state index in [2.05, 4.69) is 35.7 Å². The Balaban J connectivity index is 2.52. The van der Waals surface area contributed by atoms with Crippen LogP contribution in [0.2, 0.25) is 5.15 Å². The van der Waals surface area contributed by atoms with Crippen LogP contribution in [-0.4, -0.2) is 15.0 Å². The van der Waals surface area contributed by atoms with Crippen LogP contribution in [0.15, 0.2) is 11.4 Å². The third kappa shape index (κ3) is 2.82. The highest BCUT2D eigenvalue weighted by Gasteiger charge is 2.18. The topological polar surface area (TPSA) is 38.7 Å². The van der Waals surface area contributed by atoms with Crippen molar-refractivity contribution in [1.29, 1.82) is 0 Å². The Hall–Kier alpha value is -1.00. The van der Waals surface area contributed by atoms with E-state index in [9.17, 15) is 0 Å². The van der Waals surface area contributed by atoms with Crippen molar-refractivity contribution < 1.29 is 0 Å². The fourth-order valence-corrected chi connectivity index (χ4v) is 2.16. The molecule has 0 saturated carbocycles. The first-order valence-corrected chi connectivity index (χ1v) is 6.59. The van der Waals surface area contributed by atoms with E-state index >= 15 is 0 Å². The van der Waals surface area contributed by atoms with Gasteiger partial charge in [0.15, 0.2) is 5.82 Å². The van der Waals surface area contributed by atoms with Crippen LogP contribution in [0.25, 0.3) is 11.5 Å². The lowest BCUT2D eigenvalue weighted by Gasteiger charge is -2.18. The zero-order valence-electron chi connectivity index (χ0n) is 10.3. The van der Waals surface area contributed by atoms with Gasteiger partial charge in [0.05, 0.1) is 10.7 Å². The number of halogens is 1. The van der Waals surface area contributed by atoms with Gasteiger partial charge in [-0.3, -0.25) is 0 Å². The van der Waals surface area contributed by atoms with Crippen molar-refractivity contribution in [2.24, 2.45) is 0 Å². The summed E-state index contributed by atoms with van der Waals surface area (Å²) in [4.78, 5) is 13.1. The Bertz CT molecular complexity index is 543. The summed E-state index contributed by atoms with van der Waals surface area (Å²) >= 11 is 7.62. The van der Waals surface area contributed by atoms with Gasteiger partial charge < -0.3 is 0 Å². The monoisotopic (exact) mass is 267 g/mol. The predicted octanol–water partition coefficient (Wildman–Crippen LogP) is 3.86. The maximum absolute atomic E-state index is 6.04. The van der Waals surface area contributed by atoms with Crippen LogP contribution in [-0.2, 0) is 5.41 Å². The number of aromatic nitrogens is 3. The van der Waals surface area contributed by atoms with E-state index in [1.54, 1.807) is 11.3 Å². The minimum atomic E-state index is -0.0492. The third-order valence-electron chi connectivity index (χ3n) is 2.31. The molecule has 0 saturated heterocycles. The molecular formula is C12H14ClN3S. The van der Waals surface area contributed by atoms with Gasteiger partial charge in [-0.05, 0) is 13.0 Å². The van der Waals surface area contributed by atoms with Crippen LogP contribution >= 0.6 is 22.9 Å². The normalized spacial score (nSPS) is 11.8. The van der Waals surface area contributed by atoms with Gasteiger partial charge in [-0.1, -0.05) is 32.4 Å². The molecule has 0 radical (unpaired) electrons. The fourth-order valence-electron chi connectivity index (χ4n) is 1.38. The summed E-state index contributed by atoms with van der Waals surface area (Å²) in [6.45, 7) is 8.26. The van der Waals surface area contributed by atoms with Crippen molar-refractivity contribution >= 4 is 22.9 Å². The maximum Gasteiger partial charge on any atom is 0.180 e. The fraction of sp³-hybridized carbons (Fsp3) is 0.417. The molecule has 2 heterocycles. The Morgan fingerprint density at radius 1 is 1.18 bits per heavy atom. The van der Waals surface area contributed by atoms with Crippen molar-refractivity contribution in [3.63, 3.8) is 0 Å². The average Bonchev–Trinajstić information content (AvgIpc) is 2.62. The average molecular weight is 268 g/mol. The van der Waals surface area contributed by atoms with Gasteiger partial charge in [0, 0.05) is 10.8 Å². The molecule has 5 heteroatoms. The summed E-state index contributed by atoms with van der Waals surface area (Å²) in [5.74, 6) is 0.603. The predicted molar refractivity (Wildman–Crippen MR) is 71.6 cm³/mol. The molecular weight excluding hydrogens is 254 g/mol. The standard InChI is InChI=1S/C12H14ClN3S/c1-7-14-8(6-17-7)11-15-9(12(2,3)4)5-10(13)16-11/h5-6H,1-4H3. The summed E-state index contributed by atoms with van der Waals surface area (Å²) in [7, 11) is 0. The summed E-state index contributed by atoms with van der Waals surface area (Å²) in [5, 5.41) is 3.42. The molecule has 0 amide bonds. The van der Waals surface area contributed by atoms with E-state index in [-0.39, 0.29) is 5.41 Å². The number of aryl methyl sites for hydroxylation is 1. The number of hydrogen-bond donors (Lipinski definition) is 0. The van der Waals surface area contributed by atoms with Crippen LogP contribution in [0.1, 0.15) is 31.5 Å². The number of nitrogens with zero attached hydrogens (tertiary/aromatic N) is 3. The molecule has 2 aromatic rings. The first-order valence-electron chi connectivity index (χ1n) is 5.34. The van der Waals surface area contributed by atoms with E-state index in [0.717, 1.165) is 16.4 Å². The molecule has 0 unspecified atom stereocenters. The number of hydrogen-bond acceptors (Lipinski definition) is 4. The first-order chi connectivity index (χ1) is 7.86. The van der Waals surface area contributed by atoms with Gasteiger partial charge in [0.2, 0.25) is 0 Å². The van der Waals surface area contributed by atoms with Crippen LogP contribution in [0.4, 0.5) is 0 Å². The van der Waals surface area contributed by atoms with Gasteiger partial charge >= 0.3 is 0 Å². The summed E-state index contributed by atoms with van der Waals surface area (Å²) in [6.07, 6.45) is 0. The van der Waals surface area contributed by atoms with Crippen molar-refractivity contribution in [1.82, 2.24) is 15.0 Å². The highest BCUT2D eigenvalue weighted by molar-refractivity contribution is 7.09. The zero-order chi connectivity index (χ0) is 12.6. The Kier molecular flexibility index (Phi) is 3.19. The van der Waals surface area contributed by atoms with Crippen LogP contribution in [0.5, 0.6) is 0 Å². The quantitative estimate of drug-likeness (QED) is 0.737. The molecule has 0 spiro atoms. The molecule has 2 rings (SSSR count). The molecule has 0 N–H and O–H groups in total. The highest BCUT2D eigenvalue weighted by Crippen LogP contribution is 2.26. The van der Waals surface area contributed by atoms with Crippen LogP contribution in [0, 0.1) is 6.92 Å². The molecule has 90 valence electrons. The lowest BCUT2D eigenvalue weighted by atomic mass is 9.92. The first kappa shape index (κ1) is 12.5. The molecule has 0 aliphatic carbocycles. The second-order valence-corrected chi connectivity index (χ2v) is 6.35. The van der Waals surface area contributed by atoms with Crippen molar-refractivity contribution in [3.05, 3.63) is 27.3 Å². The zero-order valence-corrected chi connectivity index (χ0v) is 11.9. The van der Waals surface area contributed by atoms with Gasteiger partial charge in [-0.15, -0.1) is 11.3 Å². The Morgan fingerprint density at radius 2 is 1.88 bits per heavy atom. The minimum Gasteiger partial charge on any atom is -0.238 e. The maximum atomic E-state index is 6.04. The van der Waals surface area contributed by atoms with E-state index < -0.39 is 0 Å². The molecule has 0 aliphatic heterocycles. The Morgan fingerprint density at radius 3 is 2.41 bits per heavy atom. The second kappa shape index (κ2) is 4.35. The molecule has 0 bridgehead atoms. The molecule has 3 nitrogen and oxygen atoms in total. The van der Waals surface area contributed by atoms with E-state index in [1.165, 1.54) is 0 Å². The molecule has 0 fully saturated rings. The minimum absolute atomic E-state index is 0.0492. The third-order valence-corrected chi connectivity index (χ3v) is 3.28. The summed E-state index contributed by atoms with van der Waals surface area (Å²) in [6, 6.07) is 1.81. The SMILES string of the molecule is Cc1nc(-c2nc(Cl)cc(C(C)(C)C)n2)cs1.